The molecule has 1 aliphatic carbocycles. The zero-order chi connectivity index (χ0) is 19.3. The third-order valence-corrected chi connectivity index (χ3v) is 6.67. The first-order chi connectivity index (χ1) is 11.3. The topological polar surface area (TPSA) is 110 Å². The summed E-state index contributed by atoms with van der Waals surface area (Å²) in [5.41, 5.74) is -2.52. The number of hydrogen-bond acceptors (Lipinski definition) is 5. The highest BCUT2D eigenvalue weighted by Crippen LogP contribution is 2.66. The normalized spacial score (nSPS) is 28.9. The van der Waals surface area contributed by atoms with E-state index in [9.17, 15) is 23.1 Å². The van der Waals surface area contributed by atoms with E-state index in [1.54, 1.807) is 51.1 Å². The fraction of sp³-hybridized carbons (Fsp3) is 0.529. The lowest BCUT2D eigenvalue weighted by atomic mass is 10.1. The highest BCUT2D eigenvalue weighted by atomic mass is 32.2. The highest BCUT2D eigenvalue weighted by molar-refractivity contribution is 7.92. The molecule has 1 amide bonds. The van der Waals surface area contributed by atoms with Gasteiger partial charge in [0.15, 0.2) is 15.4 Å². The van der Waals surface area contributed by atoms with E-state index in [1.807, 2.05) is 0 Å². The lowest BCUT2D eigenvalue weighted by Crippen LogP contribution is -2.52. The Hall–Kier alpha value is -2.09. The number of aliphatic carboxylic acids is 1. The van der Waals surface area contributed by atoms with Gasteiger partial charge in [-0.2, -0.15) is 0 Å². The van der Waals surface area contributed by atoms with E-state index < -0.39 is 43.7 Å². The van der Waals surface area contributed by atoms with Gasteiger partial charge in [0.2, 0.25) is 0 Å². The summed E-state index contributed by atoms with van der Waals surface area (Å²) in [4.78, 5) is 24.3. The van der Waals surface area contributed by atoms with E-state index in [2.05, 4.69) is 5.32 Å². The van der Waals surface area contributed by atoms with Gasteiger partial charge in [-0.1, -0.05) is 37.3 Å². The highest BCUT2D eigenvalue weighted by Gasteiger charge is 2.86. The molecule has 1 aliphatic rings. The van der Waals surface area contributed by atoms with Crippen LogP contribution >= 0.6 is 0 Å². The van der Waals surface area contributed by atoms with Crippen molar-refractivity contribution in [3.63, 3.8) is 0 Å². The van der Waals surface area contributed by atoms with Crippen LogP contribution in [-0.4, -0.2) is 43.0 Å². The second-order valence-electron chi connectivity index (χ2n) is 7.34. The molecule has 2 rings (SSSR count). The van der Waals surface area contributed by atoms with Gasteiger partial charge in [-0.25, -0.2) is 18.0 Å². The van der Waals surface area contributed by atoms with E-state index in [-0.39, 0.29) is 0 Å². The van der Waals surface area contributed by atoms with E-state index >= 15 is 0 Å². The molecule has 1 aromatic rings. The van der Waals surface area contributed by atoms with Crippen molar-refractivity contribution in [3.8, 4) is 0 Å². The first-order valence-electron chi connectivity index (χ1n) is 7.80. The van der Waals surface area contributed by atoms with Gasteiger partial charge in [0.25, 0.3) is 0 Å². The lowest BCUT2D eigenvalue weighted by Gasteiger charge is -2.25. The van der Waals surface area contributed by atoms with Crippen LogP contribution in [-0.2, 0) is 24.1 Å². The molecule has 1 fully saturated rings. The van der Waals surface area contributed by atoms with Crippen LogP contribution in [0, 0.1) is 5.92 Å². The number of rotatable bonds is 4. The summed E-state index contributed by atoms with van der Waals surface area (Å²) in [5.74, 6) is -2.29. The van der Waals surface area contributed by atoms with Crippen LogP contribution < -0.4 is 5.32 Å². The molecule has 0 spiro atoms. The van der Waals surface area contributed by atoms with Crippen molar-refractivity contribution in [2.45, 2.75) is 43.6 Å². The van der Waals surface area contributed by atoms with Gasteiger partial charge in [-0.3, -0.25) is 0 Å². The van der Waals surface area contributed by atoms with Crippen molar-refractivity contribution in [3.05, 3.63) is 35.9 Å². The van der Waals surface area contributed by atoms with Gasteiger partial charge in [-0.15, -0.1) is 0 Å². The summed E-state index contributed by atoms with van der Waals surface area (Å²) in [6.45, 7) is 6.41. The zero-order valence-corrected chi connectivity index (χ0v) is 15.7. The van der Waals surface area contributed by atoms with Crippen molar-refractivity contribution in [1.29, 1.82) is 0 Å². The number of carbonyl (C=O) groups is 2. The molecule has 1 aromatic carbocycles. The fourth-order valence-electron chi connectivity index (χ4n) is 3.68. The van der Waals surface area contributed by atoms with Crippen LogP contribution in [0.1, 0.15) is 33.3 Å². The largest absolute Gasteiger partial charge is 0.479 e. The van der Waals surface area contributed by atoms with Crippen molar-refractivity contribution >= 4 is 21.9 Å². The average Bonchev–Trinajstić information content (AvgIpc) is 2.98. The summed E-state index contributed by atoms with van der Waals surface area (Å²) in [6, 6.07) is 8.08. The summed E-state index contributed by atoms with van der Waals surface area (Å²) in [5, 5.41) is 12.2. The minimum Gasteiger partial charge on any atom is -0.479 e. The minimum absolute atomic E-state index is 0.323. The molecular weight excluding hydrogens is 346 g/mol. The van der Waals surface area contributed by atoms with Gasteiger partial charge < -0.3 is 15.2 Å². The standard InChI is InChI=1S/C17H23NO6S/c1-11-16(13(19)20,18-14(21)24-15(2,3)4)17(11,25(5,22)23)12-9-7-6-8-10-12/h6-11H,1-5H3,(H,18,21)(H,19,20)/t11?,16-,17-/m1/s1. The maximum absolute atomic E-state index is 12.7. The van der Waals surface area contributed by atoms with Gasteiger partial charge in [0.1, 0.15) is 10.3 Å². The summed E-state index contributed by atoms with van der Waals surface area (Å²) >= 11 is 0. The number of nitrogens with one attached hydrogen (secondary N) is 1. The van der Waals surface area contributed by atoms with Crippen molar-refractivity contribution in [2.24, 2.45) is 5.92 Å². The Balaban J connectivity index is 2.59. The first kappa shape index (κ1) is 19.2. The number of ether oxygens (including phenoxy) is 1. The molecule has 0 saturated heterocycles. The number of carbonyl (C=O) groups excluding carboxylic acids is 1. The van der Waals surface area contributed by atoms with Crippen LogP contribution in [0.15, 0.2) is 30.3 Å². The molecule has 0 bridgehead atoms. The average molecular weight is 369 g/mol. The summed E-state index contributed by atoms with van der Waals surface area (Å²) in [7, 11) is -3.89. The second kappa shape index (κ2) is 5.72. The number of amides is 1. The Kier molecular flexibility index (Phi) is 4.40. The van der Waals surface area contributed by atoms with Gasteiger partial charge in [0, 0.05) is 12.2 Å². The Morgan fingerprint density at radius 1 is 1.20 bits per heavy atom. The van der Waals surface area contributed by atoms with Crippen molar-refractivity contribution in [2.75, 3.05) is 6.26 Å². The number of carboxylic acid groups (broad SMARTS) is 1. The number of carboxylic acids is 1. The lowest BCUT2D eigenvalue weighted by molar-refractivity contribution is -0.141. The monoisotopic (exact) mass is 369 g/mol. The summed E-state index contributed by atoms with van der Waals surface area (Å²) < 4.78 is 28.7. The van der Waals surface area contributed by atoms with E-state index in [0.29, 0.717) is 5.56 Å². The first-order valence-corrected chi connectivity index (χ1v) is 9.69. The van der Waals surface area contributed by atoms with E-state index in [1.165, 1.54) is 6.92 Å². The Morgan fingerprint density at radius 3 is 2.12 bits per heavy atom. The minimum atomic E-state index is -3.89. The Bertz CT molecular complexity index is 798. The Morgan fingerprint density at radius 2 is 1.72 bits per heavy atom. The quantitative estimate of drug-likeness (QED) is 0.839. The van der Waals surface area contributed by atoms with Gasteiger partial charge in [-0.05, 0) is 26.3 Å². The van der Waals surface area contributed by atoms with Crippen LogP contribution in [0.2, 0.25) is 0 Å². The van der Waals surface area contributed by atoms with Crippen LogP contribution in [0.25, 0.3) is 0 Å². The molecule has 2 N–H and O–H groups in total. The molecule has 0 aliphatic heterocycles. The maximum atomic E-state index is 12.7. The van der Waals surface area contributed by atoms with Crippen LogP contribution in [0.5, 0.6) is 0 Å². The molecule has 0 radical (unpaired) electrons. The van der Waals surface area contributed by atoms with E-state index in [0.717, 1.165) is 6.26 Å². The molecule has 1 saturated carbocycles. The number of benzene rings is 1. The van der Waals surface area contributed by atoms with E-state index in [4.69, 9.17) is 4.74 Å². The smallest absolute Gasteiger partial charge is 0.408 e. The number of alkyl carbamates (subject to hydrolysis) is 1. The molecule has 0 aromatic heterocycles. The predicted molar refractivity (Wildman–Crippen MR) is 91.9 cm³/mol. The molecule has 7 nitrogen and oxygen atoms in total. The Labute approximate surface area is 147 Å². The molecular formula is C17H23NO6S. The number of hydrogen-bond donors (Lipinski definition) is 2. The molecule has 25 heavy (non-hydrogen) atoms. The van der Waals surface area contributed by atoms with Gasteiger partial charge in [0.05, 0.1) is 0 Å². The fourth-order valence-corrected chi connectivity index (χ4v) is 5.91. The SMILES string of the molecule is CC1[C@](c2ccccc2)(S(C)(=O)=O)[C@]1(NC(=O)OC(C)(C)C)C(=O)O. The zero-order valence-electron chi connectivity index (χ0n) is 14.9. The van der Waals surface area contributed by atoms with Crippen molar-refractivity contribution < 1.29 is 27.9 Å². The number of sulfone groups is 1. The predicted octanol–water partition coefficient (Wildman–Crippen LogP) is 1.92. The maximum Gasteiger partial charge on any atom is 0.408 e. The molecule has 138 valence electrons. The second-order valence-corrected chi connectivity index (χ2v) is 9.52. The molecule has 0 heterocycles. The molecule has 1 unspecified atom stereocenters. The molecule has 3 atom stereocenters. The van der Waals surface area contributed by atoms with Crippen LogP contribution in [0.4, 0.5) is 4.79 Å². The third kappa shape index (κ3) is 2.78. The van der Waals surface area contributed by atoms with Crippen molar-refractivity contribution in [1.82, 2.24) is 5.32 Å². The summed E-state index contributed by atoms with van der Waals surface area (Å²) in [6.07, 6.45) is 0.0148. The molecule has 8 heteroatoms. The third-order valence-electron chi connectivity index (χ3n) is 4.58. The van der Waals surface area contributed by atoms with Crippen LogP contribution in [0.3, 0.4) is 0 Å². The van der Waals surface area contributed by atoms with Gasteiger partial charge >= 0.3 is 12.1 Å².